The molecule has 0 N–H and O–H groups in total. The normalized spacial score (nSPS) is 12.6. The van der Waals surface area contributed by atoms with Gasteiger partial charge in [-0.25, -0.2) is 4.39 Å². The molecule has 78 valence electrons. The van der Waals surface area contributed by atoms with Crippen molar-refractivity contribution >= 4 is 27.5 Å². The molecule has 0 aromatic heterocycles. The van der Waals surface area contributed by atoms with Crippen LogP contribution in [-0.2, 0) is 0 Å². The third-order valence-electron chi connectivity index (χ3n) is 1.74. The molecular weight excluding hydrogens is 270 g/mol. The molecule has 0 heterocycles. The molecule has 0 fully saturated rings. The van der Waals surface area contributed by atoms with Crippen LogP contribution in [0.5, 0.6) is 5.75 Å². The fraction of sp³-hybridized carbons (Fsp3) is 0.400. The Morgan fingerprint density at radius 1 is 1.57 bits per heavy atom. The summed E-state index contributed by atoms with van der Waals surface area (Å²) in [6, 6.07) is 4.13. The van der Waals surface area contributed by atoms with Crippen molar-refractivity contribution < 1.29 is 9.13 Å². The van der Waals surface area contributed by atoms with Gasteiger partial charge in [0, 0.05) is 5.33 Å². The van der Waals surface area contributed by atoms with E-state index in [1.54, 1.807) is 6.07 Å². The van der Waals surface area contributed by atoms with E-state index in [0.29, 0.717) is 10.8 Å². The van der Waals surface area contributed by atoms with Gasteiger partial charge in [-0.3, -0.25) is 0 Å². The summed E-state index contributed by atoms with van der Waals surface area (Å²) in [6.45, 7) is 1.95. The average Bonchev–Trinajstić information content (AvgIpc) is 2.10. The van der Waals surface area contributed by atoms with E-state index in [9.17, 15) is 4.39 Å². The number of benzene rings is 1. The van der Waals surface area contributed by atoms with Crippen LogP contribution in [0.25, 0.3) is 0 Å². The molecule has 1 nitrogen and oxygen atoms in total. The molecular formula is C10H11BrClFO. The Morgan fingerprint density at radius 2 is 2.29 bits per heavy atom. The Morgan fingerprint density at radius 3 is 2.86 bits per heavy atom. The van der Waals surface area contributed by atoms with Crippen LogP contribution >= 0.6 is 27.5 Å². The van der Waals surface area contributed by atoms with Gasteiger partial charge in [-0.1, -0.05) is 27.5 Å². The van der Waals surface area contributed by atoms with Crippen LogP contribution in [0.2, 0.25) is 5.02 Å². The van der Waals surface area contributed by atoms with E-state index in [1.807, 2.05) is 6.92 Å². The number of hydrogen-bond acceptors (Lipinski definition) is 1. The van der Waals surface area contributed by atoms with Gasteiger partial charge in [-0.15, -0.1) is 0 Å². The van der Waals surface area contributed by atoms with Crippen LogP contribution in [0.1, 0.15) is 13.3 Å². The first kappa shape index (κ1) is 11.8. The smallest absolute Gasteiger partial charge is 0.138 e. The summed E-state index contributed by atoms with van der Waals surface area (Å²) in [5.41, 5.74) is 0. The molecule has 4 heteroatoms. The Balaban J connectivity index is 2.67. The van der Waals surface area contributed by atoms with Gasteiger partial charge >= 0.3 is 0 Å². The fourth-order valence-corrected chi connectivity index (χ4v) is 1.86. The molecule has 1 aromatic carbocycles. The van der Waals surface area contributed by atoms with E-state index in [4.69, 9.17) is 16.3 Å². The molecule has 0 saturated heterocycles. The van der Waals surface area contributed by atoms with Gasteiger partial charge in [-0.2, -0.15) is 0 Å². The highest BCUT2D eigenvalue weighted by molar-refractivity contribution is 9.09. The van der Waals surface area contributed by atoms with Crippen LogP contribution in [0, 0.1) is 5.82 Å². The van der Waals surface area contributed by atoms with Crippen molar-refractivity contribution in [3.05, 3.63) is 29.0 Å². The van der Waals surface area contributed by atoms with E-state index >= 15 is 0 Å². The lowest BCUT2D eigenvalue weighted by atomic mass is 10.3. The maximum Gasteiger partial charge on any atom is 0.138 e. The van der Waals surface area contributed by atoms with Gasteiger partial charge in [0.15, 0.2) is 0 Å². The highest BCUT2D eigenvalue weighted by Gasteiger charge is 2.07. The second-order valence-electron chi connectivity index (χ2n) is 2.98. The van der Waals surface area contributed by atoms with Crippen molar-refractivity contribution in [1.82, 2.24) is 0 Å². The largest absolute Gasteiger partial charge is 0.489 e. The van der Waals surface area contributed by atoms with Gasteiger partial charge in [0.2, 0.25) is 0 Å². The molecule has 0 aliphatic rings. The zero-order valence-corrected chi connectivity index (χ0v) is 10.1. The Kier molecular flexibility index (Phi) is 4.69. The zero-order valence-electron chi connectivity index (χ0n) is 7.77. The van der Waals surface area contributed by atoms with E-state index in [2.05, 4.69) is 15.9 Å². The summed E-state index contributed by atoms with van der Waals surface area (Å²) in [5, 5.41) is 1.18. The van der Waals surface area contributed by atoms with E-state index in [1.165, 1.54) is 12.1 Å². The number of alkyl halides is 1. The quantitative estimate of drug-likeness (QED) is 0.757. The lowest BCUT2D eigenvalue weighted by molar-refractivity contribution is 0.219. The fourth-order valence-electron chi connectivity index (χ4n) is 1.00. The molecule has 0 amide bonds. The SMILES string of the molecule is CC(CCBr)Oc1ccc(F)cc1Cl. The Hall–Kier alpha value is -0.280. The molecule has 0 saturated carbocycles. The van der Waals surface area contributed by atoms with Gasteiger partial charge in [-0.05, 0) is 31.5 Å². The highest BCUT2D eigenvalue weighted by Crippen LogP contribution is 2.26. The molecule has 0 bridgehead atoms. The third kappa shape index (κ3) is 3.46. The molecule has 0 aliphatic carbocycles. The predicted octanol–water partition coefficient (Wildman–Crippen LogP) is 4.03. The van der Waals surface area contributed by atoms with E-state index in [0.717, 1.165) is 11.8 Å². The molecule has 1 aromatic rings. The first-order valence-electron chi connectivity index (χ1n) is 4.31. The minimum Gasteiger partial charge on any atom is -0.489 e. The number of halogens is 3. The summed E-state index contributed by atoms with van der Waals surface area (Å²) in [4.78, 5) is 0. The monoisotopic (exact) mass is 280 g/mol. The molecule has 1 unspecified atom stereocenters. The maximum absolute atomic E-state index is 12.7. The van der Waals surface area contributed by atoms with Crippen molar-refractivity contribution in [1.29, 1.82) is 0 Å². The lowest BCUT2D eigenvalue weighted by Gasteiger charge is -2.14. The second-order valence-corrected chi connectivity index (χ2v) is 4.18. The van der Waals surface area contributed by atoms with Crippen molar-refractivity contribution in [2.24, 2.45) is 0 Å². The minimum absolute atomic E-state index is 0.0670. The van der Waals surface area contributed by atoms with Crippen LogP contribution in [-0.4, -0.2) is 11.4 Å². The molecule has 1 atom stereocenters. The van der Waals surface area contributed by atoms with Crippen LogP contribution < -0.4 is 4.74 Å². The van der Waals surface area contributed by atoms with Crippen LogP contribution in [0.4, 0.5) is 4.39 Å². The van der Waals surface area contributed by atoms with Crippen molar-refractivity contribution in [2.45, 2.75) is 19.4 Å². The first-order valence-corrected chi connectivity index (χ1v) is 5.81. The van der Waals surface area contributed by atoms with Crippen LogP contribution in [0.15, 0.2) is 18.2 Å². The van der Waals surface area contributed by atoms with Crippen molar-refractivity contribution in [3.8, 4) is 5.75 Å². The maximum atomic E-state index is 12.7. The second kappa shape index (κ2) is 5.56. The summed E-state index contributed by atoms with van der Waals surface area (Å²) in [6.07, 6.45) is 0.950. The average molecular weight is 282 g/mol. The van der Waals surface area contributed by atoms with Gasteiger partial charge in [0.25, 0.3) is 0 Å². The standard InChI is InChI=1S/C10H11BrClFO/c1-7(4-5-11)14-10-3-2-8(13)6-9(10)12/h2-3,6-7H,4-5H2,1H3. The van der Waals surface area contributed by atoms with Crippen LogP contribution in [0.3, 0.4) is 0 Å². The molecule has 0 spiro atoms. The Bertz CT molecular complexity index is 306. The molecule has 14 heavy (non-hydrogen) atoms. The first-order chi connectivity index (χ1) is 6.63. The molecule has 0 aliphatic heterocycles. The lowest BCUT2D eigenvalue weighted by Crippen LogP contribution is -2.12. The van der Waals surface area contributed by atoms with E-state index < -0.39 is 0 Å². The predicted molar refractivity (Wildman–Crippen MR) is 59.9 cm³/mol. The number of hydrogen-bond donors (Lipinski definition) is 0. The van der Waals surface area contributed by atoms with Gasteiger partial charge in [0.1, 0.15) is 11.6 Å². The van der Waals surface area contributed by atoms with Crippen molar-refractivity contribution in [3.63, 3.8) is 0 Å². The van der Waals surface area contributed by atoms with Gasteiger partial charge in [0.05, 0.1) is 11.1 Å². The Labute approximate surface area is 96.3 Å². The zero-order chi connectivity index (χ0) is 10.6. The van der Waals surface area contributed by atoms with Crippen molar-refractivity contribution in [2.75, 3.05) is 5.33 Å². The summed E-state index contributed by atoms with van der Waals surface area (Å²) in [7, 11) is 0. The number of ether oxygens (including phenoxy) is 1. The highest BCUT2D eigenvalue weighted by atomic mass is 79.9. The van der Waals surface area contributed by atoms with E-state index in [-0.39, 0.29) is 11.9 Å². The summed E-state index contributed by atoms with van der Waals surface area (Å²) in [5.74, 6) is 0.178. The van der Waals surface area contributed by atoms with Gasteiger partial charge < -0.3 is 4.74 Å². The molecule has 0 radical (unpaired) electrons. The minimum atomic E-state index is -0.351. The summed E-state index contributed by atoms with van der Waals surface area (Å²) < 4.78 is 18.2. The summed E-state index contributed by atoms with van der Waals surface area (Å²) >= 11 is 9.12. The number of rotatable bonds is 4. The molecule has 1 rings (SSSR count). The topological polar surface area (TPSA) is 9.23 Å². The third-order valence-corrected chi connectivity index (χ3v) is 2.49.